The van der Waals surface area contributed by atoms with Crippen LogP contribution in [-0.2, 0) is 10.0 Å². The second-order valence-electron chi connectivity index (χ2n) is 4.44. The number of nitrogens with zero attached hydrogens (tertiary/aromatic N) is 1. The van der Waals surface area contributed by atoms with Crippen LogP contribution in [0.4, 0.5) is 0 Å². The van der Waals surface area contributed by atoms with Crippen molar-refractivity contribution in [2.24, 2.45) is 10.6 Å². The normalized spacial score (nSPS) is 39.3. The molecule has 4 nitrogen and oxygen atoms in total. The topological polar surface area (TPSA) is 63.4 Å². The lowest BCUT2D eigenvalue weighted by atomic mass is 9.83. The Morgan fingerprint density at radius 3 is 2.77 bits per heavy atom. The second kappa shape index (κ2) is 2.93. The van der Waals surface area contributed by atoms with Crippen molar-refractivity contribution in [2.45, 2.75) is 19.3 Å². The lowest BCUT2D eigenvalue weighted by molar-refractivity contribution is 0.202. The summed E-state index contributed by atoms with van der Waals surface area (Å²) in [6, 6.07) is 0. The predicted octanol–water partition coefficient (Wildman–Crippen LogP) is -0.239. The van der Waals surface area contributed by atoms with Gasteiger partial charge in [0.2, 0.25) is 10.0 Å². The number of piperidine rings is 1. The third kappa shape index (κ3) is 2.03. The highest BCUT2D eigenvalue weighted by atomic mass is 32.2. The maximum Gasteiger partial charge on any atom is 0.209 e. The molecule has 0 aliphatic carbocycles. The quantitative estimate of drug-likeness (QED) is 0.675. The Hall–Kier alpha value is -0.130. The number of hydrogen-bond donors (Lipinski definition) is 1. The van der Waals surface area contributed by atoms with Gasteiger partial charge in [0.15, 0.2) is 0 Å². The highest BCUT2D eigenvalue weighted by molar-refractivity contribution is 7.89. The van der Waals surface area contributed by atoms with E-state index in [4.69, 9.17) is 5.14 Å². The first-order chi connectivity index (χ1) is 5.99. The van der Waals surface area contributed by atoms with Gasteiger partial charge in [-0.2, -0.15) is 0 Å². The molecule has 0 spiro atoms. The van der Waals surface area contributed by atoms with E-state index in [2.05, 4.69) is 4.90 Å². The Labute approximate surface area is 79.1 Å². The van der Waals surface area contributed by atoms with Crippen LogP contribution in [0, 0.1) is 5.41 Å². The molecule has 2 fully saturated rings. The summed E-state index contributed by atoms with van der Waals surface area (Å²) in [4.78, 5) is 2.34. The third-order valence-electron chi connectivity index (χ3n) is 3.21. The molecule has 2 unspecified atom stereocenters. The average molecular weight is 204 g/mol. The van der Waals surface area contributed by atoms with Crippen LogP contribution in [0.2, 0.25) is 0 Å². The number of hydrogen-bond acceptors (Lipinski definition) is 3. The van der Waals surface area contributed by atoms with Crippen molar-refractivity contribution in [2.75, 3.05) is 25.4 Å². The van der Waals surface area contributed by atoms with Gasteiger partial charge in [-0.05, 0) is 37.8 Å². The number of nitrogens with two attached hydrogens (primary N) is 1. The van der Waals surface area contributed by atoms with Gasteiger partial charge in [0.05, 0.1) is 5.75 Å². The predicted molar refractivity (Wildman–Crippen MR) is 50.7 cm³/mol. The molecular weight excluding hydrogens is 188 g/mol. The summed E-state index contributed by atoms with van der Waals surface area (Å²) in [7, 11) is -3.29. The summed E-state index contributed by atoms with van der Waals surface area (Å²) in [5.74, 6) is 0.177. The van der Waals surface area contributed by atoms with Crippen LogP contribution in [-0.4, -0.2) is 38.7 Å². The molecular formula is C8H16N2O2S. The van der Waals surface area contributed by atoms with Crippen molar-refractivity contribution in [1.29, 1.82) is 0 Å². The van der Waals surface area contributed by atoms with E-state index in [-0.39, 0.29) is 11.2 Å². The number of sulfonamides is 1. The van der Waals surface area contributed by atoms with Crippen molar-refractivity contribution < 1.29 is 8.42 Å². The van der Waals surface area contributed by atoms with Crippen LogP contribution >= 0.6 is 0 Å². The third-order valence-corrected chi connectivity index (χ3v) is 4.22. The summed E-state index contributed by atoms with van der Waals surface area (Å²) in [6.07, 6.45) is 3.15. The molecule has 0 saturated carbocycles. The lowest BCUT2D eigenvalue weighted by Gasteiger charge is -2.32. The molecule has 0 aromatic heterocycles. The molecule has 2 heterocycles. The fourth-order valence-electron chi connectivity index (χ4n) is 2.72. The van der Waals surface area contributed by atoms with Crippen molar-refractivity contribution in [1.82, 2.24) is 4.90 Å². The van der Waals surface area contributed by atoms with E-state index in [0.717, 1.165) is 38.9 Å². The Morgan fingerprint density at radius 2 is 2.08 bits per heavy atom. The molecule has 0 aromatic carbocycles. The van der Waals surface area contributed by atoms with E-state index in [1.54, 1.807) is 0 Å². The first-order valence-electron chi connectivity index (χ1n) is 4.72. The van der Waals surface area contributed by atoms with Gasteiger partial charge in [-0.15, -0.1) is 0 Å². The molecule has 2 N–H and O–H groups in total. The van der Waals surface area contributed by atoms with Crippen LogP contribution < -0.4 is 5.14 Å². The van der Waals surface area contributed by atoms with E-state index in [9.17, 15) is 8.42 Å². The molecule has 2 bridgehead atoms. The van der Waals surface area contributed by atoms with Gasteiger partial charge in [-0.1, -0.05) is 0 Å². The second-order valence-corrected chi connectivity index (χ2v) is 6.05. The molecule has 2 saturated heterocycles. The fraction of sp³-hybridized carbons (Fsp3) is 1.00. The maximum absolute atomic E-state index is 11.0. The van der Waals surface area contributed by atoms with E-state index in [0.29, 0.717) is 0 Å². The van der Waals surface area contributed by atoms with E-state index in [1.165, 1.54) is 0 Å². The average Bonchev–Trinajstić information content (AvgIpc) is 2.23. The zero-order valence-corrected chi connectivity index (χ0v) is 8.52. The Kier molecular flexibility index (Phi) is 2.13. The summed E-state index contributed by atoms with van der Waals surface area (Å²) in [5.41, 5.74) is -0.00810. The first kappa shape index (κ1) is 9.43. The Morgan fingerprint density at radius 1 is 1.31 bits per heavy atom. The molecule has 2 atom stereocenters. The standard InChI is InChI=1S/C8H16N2O2S/c9-13(11,12)7-8-2-1-4-10(6-8)5-3-8/h1-7H2,(H2,9,11,12). The van der Waals surface area contributed by atoms with E-state index in [1.807, 2.05) is 0 Å². The summed E-state index contributed by atoms with van der Waals surface area (Å²) in [6.45, 7) is 3.12. The van der Waals surface area contributed by atoms with Gasteiger partial charge in [0, 0.05) is 6.54 Å². The van der Waals surface area contributed by atoms with E-state index >= 15 is 0 Å². The number of primary sulfonamides is 1. The molecule has 13 heavy (non-hydrogen) atoms. The minimum absolute atomic E-state index is 0.00810. The van der Waals surface area contributed by atoms with Crippen LogP contribution in [0.25, 0.3) is 0 Å². The van der Waals surface area contributed by atoms with Gasteiger partial charge in [0.25, 0.3) is 0 Å². The van der Waals surface area contributed by atoms with E-state index < -0.39 is 10.0 Å². The molecule has 76 valence electrons. The molecule has 5 heteroatoms. The van der Waals surface area contributed by atoms with Crippen molar-refractivity contribution in [3.05, 3.63) is 0 Å². The first-order valence-corrected chi connectivity index (χ1v) is 6.44. The Bertz CT molecular complexity index is 297. The minimum atomic E-state index is -3.29. The lowest BCUT2D eigenvalue weighted by Crippen LogP contribution is -2.40. The molecule has 0 radical (unpaired) electrons. The monoisotopic (exact) mass is 204 g/mol. The molecule has 2 rings (SSSR count). The molecule has 2 aliphatic heterocycles. The van der Waals surface area contributed by atoms with Crippen molar-refractivity contribution in [3.63, 3.8) is 0 Å². The van der Waals surface area contributed by atoms with Crippen LogP contribution in [0.5, 0.6) is 0 Å². The number of rotatable bonds is 2. The smallest absolute Gasteiger partial charge is 0.209 e. The van der Waals surface area contributed by atoms with Gasteiger partial charge in [-0.3, -0.25) is 0 Å². The van der Waals surface area contributed by atoms with Crippen molar-refractivity contribution in [3.8, 4) is 0 Å². The highest BCUT2D eigenvalue weighted by Crippen LogP contribution is 2.39. The molecule has 0 amide bonds. The van der Waals surface area contributed by atoms with Gasteiger partial charge in [-0.25, -0.2) is 13.6 Å². The van der Waals surface area contributed by atoms with Gasteiger partial charge < -0.3 is 4.90 Å². The largest absolute Gasteiger partial charge is 0.303 e. The fourth-order valence-corrected chi connectivity index (χ4v) is 3.95. The zero-order valence-electron chi connectivity index (χ0n) is 7.70. The maximum atomic E-state index is 11.0. The molecule has 2 aliphatic rings. The minimum Gasteiger partial charge on any atom is -0.303 e. The van der Waals surface area contributed by atoms with Crippen LogP contribution in [0.1, 0.15) is 19.3 Å². The van der Waals surface area contributed by atoms with Gasteiger partial charge >= 0.3 is 0 Å². The summed E-state index contributed by atoms with van der Waals surface area (Å²) in [5, 5.41) is 5.10. The summed E-state index contributed by atoms with van der Waals surface area (Å²) >= 11 is 0. The van der Waals surface area contributed by atoms with Crippen molar-refractivity contribution >= 4 is 10.0 Å². The van der Waals surface area contributed by atoms with Crippen LogP contribution in [0.3, 0.4) is 0 Å². The molecule has 0 aromatic rings. The Balaban J connectivity index is 2.12. The zero-order chi connectivity index (χ0) is 9.53. The number of fused-ring (bicyclic) bond motifs is 2. The van der Waals surface area contributed by atoms with Gasteiger partial charge in [0.1, 0.15) is 0 Å². The summed E-state index contributed by atoms with van der Waals surface area (Å²) < 4.78 is 22.1. The van der Waals surface area contributed by atoms with Crippen LogP contribution in [0.15, 0.2) is 0 Å². The highest BCUT2D eigenvalue weighted by Gasteiger charge is 2.42. The SMILES string of the molecule is NS(=O)(=O)CC12CCCN(CC1)C2.